The normalized spacial score (nSPS) is 29.5. The molecule has 1 unspecified atom stereocenters. The average molecular weight is 149 g/mol. The highest BCUT2D eigenvalue weighted by atomic mass is 16.5. The largest absolute Gasteiger partial charge is 0.370 e. The minimum atomic E-state index is -0.0249. The number of ether oxygens (including phenoxy) is 1. The molecule has 1 aliphatic heterocycles. The van der Waals surface area contributed by atoms with Gasteiger partial charge in [-0.05, 0) is 24.6 Å². The molecule has 2 nitrogen and oxygen atoms in total. The molecule has 0 radical (unpaired) electrons. The predicted octanol–water partition coefficient (Wildman–Crippen LogP) is 1.72. The zero-order chi connectivity index (χ0) is 7.73. The fourth-order valence-corrected chi connectivity index (χ4v) is 1.34. The van der Waals surface area contributed by atoms with E-state index in [1.165, 1.54) is 5.56 Å². The van der Waals surface area contributed by atoms with Crippen LogP contribution in [0, 0.1) is 0 Å². The van der Waals surface area contributed by atoms with Crippen LogP contribution in [0.1, 0.15) is 18.9 Å². The lowest BCUT2D eigenvalue weighted by Gasteiger charge is -2.38. The number of rotatable bonds is 1. The maximum Gasteiger partial charge on any atom is 0.0926 e. The van der Waals surface area contributed by atoms with E-state index in [1.54, 1.807) is 0 Å². The zero-order valence-corrected chi connectivity index (χ0v) is 6.58. The van der Waals surface area contributed by atoms with Gasteiger partial charge in [0.25, 0.3) is 0 Å². The zero-order valence-electron chi connectivity index (χ0n) is 6.58. The summed E-state index contributed by atoms with van der Waals surface area (Å²) in [5.41, 5.74) is 1.21. The molecule has 0 amide bonds. The quantitative estimate of drug-likeness (QED) is 0.606. The lowest BCUT2D eigenvalue weighted by atomic mass is 9.89. The van der Waals surface area contributed by atoms with Crippen LogP contribution in [-0.4, -0.2) is 11.6 Å². The van der Waals surface area contributed by atoms with E-state index in [2.05, 4.69) is 11.9 Å². The molecule has 1 aromatic heterocycles. The van der Waals surface area contributed by atoms with Crippen LogP contribution in [0.25, 0.3) is 0 Å². The van der Waals surface area contributed by atoms with Gasteiger partial charge in [-0.1, -0.05) is 0 Å². The van der Waals surface area contributed by atoms with Crippen LogP contribution in [0.5, 0.6) is 0 Å². The van der Waals surface area contributed by atoms with Crippen molar-refractivity contribution in [3.63, 3.8) is 0 Å². The number of pyridine rings is 1. The van der Waals surface area contributed by atoms with Gasteiger partial charge in [-0.25, -0.2) is 0 Å². The standard InChI is InChI=1S/C9H11NO/c1-9(4-7-11-9)8-2-5-10-6-3-8/h2-3,5-6H,4,7H2,1H3. The predicted molar refractivity (Wildman–Crippen MR) is 42.2 cm³/mol. The van der Waals surface area contributed by atoms with Crippen molar-refractivity contribution < 1.29 is 4.74 Å². The van der Waals surface area contributed by atoms with Crippen molar-refractivity contribution in [3.05, 3.63) is 30.1 Å². The molecule has 2 rings (SSSR count). The molecule has 0 aromatic carbocycles. The van der Waals surface area contributed by atoms with Crippen molar-refractivity contribution >= 4 is 0 Å². The Balaban J connectivity index is 2.29. The van der Waals surface area contributed by atoms with E-state index in [-0.39, 0.29) is 5.60 Å². The maximum absolute atomic E-state index is 5.48. The molecular formula is C9H11NO. The summed E-state index contributed by atoms with van der Waals surface area (Å²) in [5.74, 6) is 0. The van der Waals surface area contributed by atoms with Gasteiger partial charge in [0.1, 0.15) is 0 Å². The molecule has 2 heterocycles. The third-order valence-corrected chi connectivity index (χ3v) is 2.29. The Kier molecular flexibility index (Phi) is 1.43. The molecule has 58 valence electrons. The molecule has 1 atom stereocenters. The fourth-order valence-electron chi connectivity index (χ4n) is 1.34. The van der Waals surface area contributed by atoms with Gasteiger partial charge in [-0.2, -0.15) is 0 Å². The van der Waals surface area contributed by atoms with Crippen molar-refractivity contribution in [3.8, 4) is 0 Å². The van der Waals surface area contributed by atoms with Crippen molar-refractivity contribution in [2.45, 2.75) is 18.9 Å². The van der Waals surface area contributed by atoms with Gasteiger partial charge in [-0.3, -0.25) is 4.98 Å². The highest BCUT2D eigenvalue weighted by Gasteiger charge is 2.34. The third kappa shape index (κ3) is 1.03. The lowest BCUT2D eigenvalue weighted by molar-refractivity contribution is -0.140. The Hall–Kier alpha value is -0.890. The average Bonchev–Trinajstić information content (AvgIpc) is 2.02. The Morgan fingerprint density at radius 1 is 1.45 bits per heavy atom. The third-order valence-electron chi connectivity index (χ3n) is 2.29. The van der Waals surface area contributed by atoms with Crippen LogP contribution < -0.4 is 0 Å². The molecule has 0 bridgehead atoms. The molecule has 1 aliphatic rings. The molecule has 0 N–H and O–H groups in total. The van der Waals surface area contributed by atoms with Crippen molar-refractivity contribution in [1.29, 1.82) is 0 Å². The lowest BCUT2D eigenvalue weighted by Crippen LogP contribution is -2.37. The van der Waals surface area contributed by atoms with Crippen LogP contribution in [0.4, 0.5) is 0 Å². The van der Waals surface area contributed by atoms with Crippen molar-refractivity contribution in [2.75, 3.05) is 6.61 Å². The molecular weight excluding hydrogens is 138 g/mol. The van der Waals surface area contributed by atoms with E-state index in [0.29, 0.717) is 0 Å². The molecule has 0 saturated carbocycles. The Morgan fingerprint density at radius 2 is 2.09 bits per heavy atom. The maximum atomic E-state index is 5.48. The van der Waals surface area contributed by atoms with Crippen LogP contribution in [0.2, 0.25) is 0 Å². The first-order valence-electron chi connectivity index (χ1n) is 3.86. The minimum absolute atomic E-state index is 0.0249. The fraction of sp³-hybridized carbons (Fsp3) is 0.444. The van der Waals surface area contributed by atoms with Gasteiger partial charge in [0, 0.05) is 18.8 Å². The van der Waals surface area contributed by atoms with E-state index >= 15 is 0 Å². The van der Waals surface area contributed by atoms with Gasteiger partial charge in [-0.15, -0.1) is 0 Å². The first-order chi connectivity index (χ1) is 5.31. The summed E-state index contributed by atoms with van der Waals surface area (Å²) in [7, 11) is 0. The first-order valence-corrected chi connectivity index (χ1v) is 3.86. The van der Waals surface area contributed by atoms with Crippen LogP contribution in [0.15, 0.2) is 24.5 Å². The summed E-state index contributed by atoms with van der Waals surface area (Å²) < 4.78 is 5.48. The Bertz CT molecular complexity index is 241. The summed E-state index contributed by atoms with van der Waals surface area (Å²) in [6.45, 7) is 3.00. The second-order valence-electron chi connectivity index (χ2n) is 3.07. The SMILES string of the molecule is CC1(c2ccncc2)CCO1. The van der Waals surface area contributed by atoms with E-state index < -0.39 is 0 Å². The van der Waals surface area contributed by atoms with Crippen LogP contribution in [0.3, 0.4) is 0 Å². The molecule has 1 saturated heterocycles. The Morgan fingerprint density at radius 3 is 2.55 bits per heavy atom. The summed E-state index contributed by atoms with van der Waals surface area (Å²) in [4.78, 5) is 3.96. The Labute approximate surface area is 66.2 Å². The topological polar surface area (TPSA) is 22.1 Å². The van der Waals surface area contributed by atoms with E-state index in [4.69, 9.17) is 4.74 Å². The number of nitrogens with zero attached hydrogens (tertiary/aromatic N) is 1. The first kappa shape index (κ1) is 6.80. The summed E-state index contributed by atoms with van der Waals surface area (Å²) >= 11 is 0. The van der Waals surface area contributed by atoms with Crippen LogP contribution >= 0.6 is 0 Å². The molecule has 1 aromatic rings. The highest BCUT2D eigenvalue weighted by molar-refractivity contribution is 5.20. The van der Waals surface area contributed by atoms with Crippen molar-refractivity contribution in [2.24, 2.45) is 0 Å². The second kappa shape index (κ2) is 2.31. The number of hydrogen-bond acceptors (Lipinski definition) is 2. The summed E-state index contributed by atoms with van der Waals surface area (Å²) in [6, 6.07) is 4.03. The number of hydrogen-bond donors (Lipinski definition) is 0. The van der Waals surface area contributed by atoms with Gasteiger partial charge in [0.05, 0.1) is 12.2 Å². The minimum Gasteiger partial charge on any atom is -0.370 e. The highest BCUT2D eigenvalue weighted by Crippen LogP contribution is 2.35. The smallest absolute Gasteiger partial charge is 0.0926 e. The van der Waals surface area contributed by atoms with Gasteiger partial charge < -0.3 is 4.74 Å². The molecule has 1 fully saturated rings. The molecule has 0 spiro atoms. The van der Waals surface area contributed by atoms with Crippen LogP contribution in [-0.2, 0) is 10.3 Å². The van der Waals surface area contributed by atoms with E-state index in [1.807, 2.05) is 24.5 Å². The molecule has 2 heteroatoms. The second-order valence-corrected chi connectivity index (χ2v) is 3.07. The monoisotopic (exact) mass is 149 g/mol. The number of aromatic nitrogens is 1. The summed E-state index contributed by atoms with van der Waals surface area (Å²) in [6.07, 6.45) is 4.74. The van der Waals surface area contributed by atoms with E-state index in [9.17, 15) is 0 Å². The van der Waals surface area contributed by atoms with Crippen molar-refractivity contribution in [1.82, 2.24) is 4.98 Å². The molecule has 11 heavy (non-hydrogen) atoms. The van der Waals surface area contributed by atoms with Gasteiger partial charge >= 0.3 is 0 Å². The summed E-state index contributed by atoms with van der Waals surface area (Å²) in [5, 5.41) is 0. The van der Waals surface area contributed by atoms with Gasteiger partial charge in [0.15, 0.2) is 0 Å². The van der Waals surface area contributed by atoms with Gasteiger partial charge in [0.2, 0.25) is 0 Å². The van der Waals surface area contributed by atoms with E-state index in [0.717, 1.165) is 13.0 Å². The molecule has 0 aliphatic carbocycles.